The molecule has 4 nitrogen and oxygen atoms in total. The molecule has 1 aromatic carbocycles. The van der Waals surface area contributed by atoms with Gasteiger partial charge in [-0.2, -0.15) is 0 Å². The van der Waals surface area contributed by atoms with Crippen LogP contribution in [0.4, 0.5) is 0 Å². The van der Waals surface area contributed by atoms with Crippen molar-refractivity contribution in [2.45, 2.75) is 39.3 Å². The van der Waals surface area contributed by atoms with Crippen molar-refractivity contribution in [1.29, 1.82) is 0 Å². The third-order valence-corrected chi connectivity index (χ3v) is 3.79. The molecular formula is C17H27NO3. The molecule has 1 aromatic rings. The van der Waals surface area contributed by atoms with E-state index in [-0.39, 0.29) is 0 Å². The molecule has 0 saturated carbocycles. The van der Waals surface area contributed by atoms with E-state index in [1.807, 2.05) is 0 Å². The fourth-order valence-corrected chi connectivity index (χ4v) is 2.70. The molecule has 0 aliphatic carbocycles. The predicted molar refractivity (Wildman–Crippen MR) is 84.0 cm³/mol. The fraction of sp³-hybridized carbons (Fsp3) is 0.647. The van der Waals surface area contributed by atoms with Crippen molar-refractivity contribution in [1.82, 2.24) is 5.32 Å². The summed E-state index contributed by atoms with van der Waals surface area (Å²) in [6.45, 7) is 8.34. The zero-order valence-corrected chi connectivity index (χ0v) is 13.4. The zero-order valence-electron chi connectivity index (χ0n) is 13.4. The van der Waals surface area contributed by atoms with Crippen molar-refractivity contribution in [3.8, 4) is 5.75 Å². The van der Waals surface area contributed by atoms with Crippen LogP contribution in [0.3, 0.4) is 0 Å². The minimum absolute atomic E-state index is 0.293. The van der Waals surface area contributed by atoms with Crippen molar-refractivity contribution in [3.63, 3.8) is 0 Å². The first-order chi connectivity index (χ1) is 10.2. The number of rotatable bonds is 7. The summed E-state index contributed by atoms with van der Waals surface area (Å²) < 4.78 is 16.6. The molecule has 0 atom stereocenters. The molecule has 1 fully saturated rings. The van der Waals surface area contributed by atoms with Gasteiger partial charge in [0.1, 0.15) is 11.9 Å². The molecule has 0 radical (unpaired) electrons. The summed E-state index contributed by atoms with van der Waals surface area (Å²) in [4.78, 5) is 0. The van der Waals surface area contributed by atoms with Gasteiger partial charge in [0.15, 0.2) is 0 Å². The van der Waals surface area contributed by atoms with Gasteiger partial charge in [-0.15, -0.1) is 0 Å². The van der Waals surface area contributed by atoms with Gasteiger partial charge in [-0.3, -0.25) is 0 Å². The first-order valence-corrected chi connectivity index (χ1v) is 7.75. The Hall–Kier alpha value is -1.10. The van der Waals surface area contributed by atoms with Gasteiger partial charge < -0.3 is 19.5 Å². The first-order valence-electron chi connectivity index (χ1n) is 7.75. The van der Waals surface area contributed by atoms with Crippen molar-refractivity contribution < 1.29 is 14.2 Å². The van der Waals surface area contributed by atoms with E-state index >= 15 is 0 Å². The summed E-state index contributed by atoms with van der Waals surface area (Å²) in [5.41, 5.74) is 3.72. The normalized spacial score (nSPS) is 16.1. The zero-order chi connectivity index (χ0) is 15.1. The predicted octanol–water partition coefficient (Wildman–Crippen LogP) is 2.60. The van der Waals surface area contributed by atoms with Crippen LogP contribution in [0.15, 0.2) is 12.1 Å². The lowest BCUT2D eigenvalue weighted by Crippen LogP contribution is -2.26. The van der Waals surface area contributed by atoms with Gasteiger partial charge in [0, 0.05) is 33.0 Å². The third kappa shape index (κ3) is 4.99. The van der Waals surface area contributed by atoms with Gasteiger partial charge in [0.2, 0.25) is 0 Å². The largest absolute Gasteiger partial charge is 0.490 e. The average molecular weight is 293 g/mol. The van der Waals surface area contributed by atoms with Crippen LogP contribution in [0.2, 0.25) is 0 Å². The summed E-state index contributed by atoms with van der Waals surface area (Å²) >= 11 is 0. The maximum Gasteiger partial charge on any atom is 0.125 e. The minimum atomic E-state index is 0.293. The SMILES string of the molecule is COCCNCc1cc(C)c(OC2CCOCC2)c(C)c1. The number of benzene rings is 1. The van der Waals surface area contributed by atoms with E-state index in [0.29, 0.717) is 6.10 Å². The molecule has 1 N–H and O–H groups in total. The fourth-order valence-electron chi connectivity index (χ4n) is 2.70. The quantitative estimate of drug-likeness (QED) is 0.784. The van der Waals surface area contributed by atoms with Gasteiger partial charge >= 0.3 is 0 Å². The Bertz CT molecular complexity index is 419. The Morgan fingerprint density at radius 2 is 1.86 bits per heavy atom. The molecular weight excluding hydrogens is 266 g/mol. The summed E-state index contributed by atoms with van der Waals surface area (Å²) in [6, 6.07) is 4.42. The van der Waals surface area contributed by atoms with E-state index < -0.39 is 0 Å². The molecule has 1 aliphatic rings. The van der Waals surface area contributed by atoms with Gasteiger partial charge in [-0.1, -0.05) is 12.1 Å². The first kappa shape index (κ1) is 16.3. The molecule has 0 aromatic heterocycles. The summed E-state index contributed by atoms with van der Waals surface area (Å²) in [5.74, 6) is 1.04. The van der Waals surface area contributed by atoms with Gasteiger partial charge in [0.05, 0.1) is 19.8 Å². The minimum Gasteiger partial charge on any atom is -0.490 e. The highest BCUT2D eigenvalue weighted by atomic mass is 16.5. The van der Waals surface area contributed by atoms with Crippen LogP contribution >= 0.6 is 0 Å². The van der Waals surface area contributed by atoms with Crippen LogP contribution in [-0.2, 0) is 16.0 Å². The molecule has 0 amide bonds. The van der Waals surface area contributed by atoms with Crippen molar-refractivity contribution >= 4 is 0 Å². The van der Waals surface area contributed by atoms with Gasteiger partial charge in [-0.05, 0) is 30.5 Å². The molecule has 21 heavy (non-hydrogen) atoms. The summed E-state index contributed by atoms with van der Waals surface area (Å²) in [5, 5.41) is 3.38. The highest BCUT2D eigenvalue weighted by molar-refractivity contribution is 5.43. The number of ether oxygens (including phenoxy) is 3. The Morgan fingerprint density at radius 3 is 2.48 bits per heavy atom. The number of methoxy groups -OCH3 is 1. The standard InChI is InChI=1S/C17H27NO3/c1-13-10-15(12-18-6-9-19-3)11-14(2)17(13)21-16-4-7-20-8-5-16/h10-11,16,18H,4-9,12H2,1-3H3. The maximum atomic E-state index is 6.19. The molecule has 4 heteroatoms. The van der Waals surface area contributed by atoms with Crippen molar-refractivity contribution in [3.05, 3.63) is 28.8 Å². The lowest BCUT2D eigenvalue weighted by Gasteiger charge is -2.25. The average Bonchev–Trinajstić information content (AvgIpc) is 2.48. The molecule has 118 valence electrons. The number of hydrogen-bond donors (Lipinski definition) is 1. The summed E-state index contributed by atoms with van der Waals surface area (Å²) in [6.07, 6.45) is 2.26. The lowest BCUT2D eigenvalue weighted by molar-refractivity contribution is 0.0250. The van der Waals surface area contributed by atoms with Crippen LogP contribution in [-0.4, -0.2) is 39.6 Å². The molecule has 0 unspecified atom stereocenters. The van der Waals surface area contributed by atoms with E-state index in [1.54, 1.807) is 7.11 Å². The van der Waals surface area contributed by atoms with Crippen LogP contribution in [0.1, 0.15) is 29.5 Å². The Labute approximate surface area is 127 Å². The second kappa shape index (κ2) is 8.37. The van der Waals surface area contributed by atoms with E-state index in [4.69, 9.17) is 14.2 Å². The molecule has 0 bridgehead atoms. The monoisotopic (exact) mass is 293 g/mol. The Balaban J connectivity index is 1.95. The number of hydrogen-bond acceptors (Lipinski definition) is 4. The van der Waals surface area contributed by atoms with Crippen LogP contribution in [0.25, 0.3) is 0 Å². The van der Waals surface area contributed by atoms with Crippen LogP contribution in [0, 0.1) is 13.8 Å². The highest BCUT2D eigenvalue weighted by Gasteiger charge is 2.17. The Kier molecular flexibility index (Phi) is 6.49. The molecule has 0 spiro atoms. The molecule has 1 aliphatic heterocycles. The van der Waals surface area contributed by atoms with Crippen molar-refractivity contribution in [2.24, 2.45) is 0 Å². The topological polar surface area (TPSA) is 39.7 Å². The summed E-state index contributed by atoms with van der Waals surface area (Å²) in [7, 11) is 1.72. The van der Waals surface area contributed by atoms with Crippen LogP contribution < -0.4 is 10.1 Å². The van der Waals surface area contributed by atoms with Gasteiger partial charge in [-0.25, -0.2) is 0 Å². The Morgan fingerprint density at radius 1 is 1.19 bits per heavy atom. The maximum absolute atomic E-state index is 6.19. The second-order valence-electron chi connectivity index (χ2n) is 5.66. The number of nitrogens with one attached hydrogen (secondary N) is 1. The number of aryl methyl sites for hydroxylation is 2. The third-order valence-electron chi connectivity index (χ3n) is 3.79. The van der Waals surface area contributed by atoms with E-state index in [0.717, 1.165) is 51.5 Å². The second-order valence-corrected chi connectivity index (χ2v) is 5.66. The smallest absolute Gasteiger partial charge is 0.125 e. The van der Waals surface area contributed by atoms with Crippen molar-refractivity contribution in [2.75, 3.05) is 33.5 Å². The van der Waals surface area contributed by atoms with E-state index in [1.165, 1.54) is 16.7 Å². The lowest BCUT2D eigenvalue weighted by atomic mass is 10.0. The molecule has 2 rings (SSSR count). The van der Waals surface area contributed by atoms with E-state index in [9.17, 15) is 0 Å². The van der Waals surface area contributed by atoms with Gasteiger partial charge in [0.25, 0.3) is 0 Å². The molecule has 1 heterocycles. The molecule has 1 saturated heterocycles. The highest BCUT2D eigenvalue weighted by Crippen LogP contribution is 2.27. The van der Waals surface area contributed by atoms with Crippen LogP contribution in [0.5, 0.6) is 5.75 Å². The van der Waals surface area contributed by atoms with E-state index in [2.05, 4.69) is 31.3 Å².